The minimum absolute atomic E-state index is 0.0497. The lowest BCUT2D eigenvalue weighted by atomic mass is 10.2. The van der Waals surface area contributed by atoms with E-state index in [0.717, 1.165) is 0 Å². The first-order chi connectivity index (χ1) is 7.79. The first kappa shape index (κ1) is 13.4. The molecule has 0 bridgehead atoms. The van der Waals surface area contributed by atoms with Crippen LogP contribution in [0.1, 0.15) is 16.1 Å². The second-order valence-electron chi connectivity index (χ2n) is 3.52. The summed E-state index contributed by atoms with van der Waals surface area (Å²) in [4.78, 5) is 15.6. The molecule has 0 spiro atoms. The van der Waals surface area contributed by atoms with Gasteiger partial charge >= 0.3 is 0 Å². The van der Waals surface area contributed by atoms with Crippen molar-refractivity contribution in [2.45, 2.75) is 6.92 Å². The van der Waals surface area contributed by atoms with Crippen LogP contribution in [0.25, 0.3) is 0 Å². The summed E-state index contributed by atoms with van der Waals surface area (Å²) in [7, 11) is -3.58. The smallest absolute Gasteiger partial charge is 0.253 e. The number of carbonyl (C=O) groups is 1. The Bertz CT molecular complexity index is 527. The molecule has 5 N–H and O–H groups in total. The van der Waals surface area contributed by atoms with Crippen LogP contribution in [0.2, 0.25) is 0 Å². The molecule has 1 amide bonds. The van der Waals surface area contributed by atoms with Gasteiger partial charge in [-0.15, -0.1) is 0 Å². The second kappa shape index (κ2) is 5.11. The minimum Gasteiger partial charge on any atom is -0.397 e. The zero-order chi connectivity index (χ0) is 13.1. The molecule has 1 heterocycles. The van der Waals surface area contributed by atoms with Crippen molar-refractivity contribution in [2.24, 2.45) is 5.14 Å². The number of hydrogen-bond acceptors (Lipinski definition) is 5. The molecule has 8 heteroatoms. The highest BCUT2D eigenvalue weighted by atomic mass is 32.2. The molecule has 0 aliphatic carbocycles. The normalized spacial score (nSPS) is 11.2. The van der Waals surface area contributed by atoms with Crippen molar-refractivity contribution in [3.8, 4) is 0 Å². The molecule has 0 fully saturated rings. The summed E-state index contributed by atoms with van der Waals surface area (Å²) in [5, 5.41) is 7.23. The SMILES string of the molecule is Cc1ncc(N)cc1C(=O)NCCS(N)(=O)=O. The maximum atomic E-state index is 11.7. The number of nitrogens with two attached hydrogens (primary N) is 2. The summed E-state index contributed by atoms with van der Waals surface area (Å²) in [6.45, 7) is 1.61. The molecule has 0 aliphatic rings. The topological polar surface area (TPSA) is 128 Å². The number of pyridine rings is 1. The molecule has 0 aliphatic heterocycles. The lowest BCUT2D eigenvalue weighted by molar-refractivity contribution is 0.0955. The van der Waals surface area contributed by atoms with Crippen LogP contribution < -0.4 is 16.2 Å². The number of carbonyl (C=O) groups excluding carboxylic acids is 1. The number of nitrogen functional groups attached to an aromatic ring is 1. The first-order valence-electron chi connectivity index (χ1n) is 4.80. The van der Waals surface area contributed by atoms with E-state index in [-0.39, 0.29) is 12.3 Å². The van der Waals surface area contributed by atoms with Gasteiger partial charge in [0.2, 0.25) is 10.0 Å². The summed E-state index contributed by atoms with van der Waals surface area (Å²) in [5.74, 6) is -0.737. The van der Waals surface area contributed by atoms with Gasteiger partial charge in [0.1, 0.15) is 0 Å². The Morgan fingerprint density at radius 3 is 2.76 bits per heavy atom. The van der Waals surface area contributed by atoms with E-state index in [4.69, 9.17) is 10.9 Å². The van der Waals surface area contributed by atoms with E-state index >= 15 is 0 Å². The molecular formula is C9H14N4O3S. The number of rotatable bonds is 4. The Morgan fingerprint density at radius 2 is 2.18 bits per heavy atom. The molecule has 1 rings (SSSR count). The van der Waals surface area contributed by atoms with Gasteiger partial charge in [-0.2, -0.15) is 0 Å². The van der Waals surface area contributed by atoms with Gasteiger partial charge in [0, 0.05) is 6.54 Å². The lowest BCUT2D eigenvalue weighted by Gasteiger charge is -2.07. The highest BCUT2D eigenvalue weighted by Crippen LogP contribution is 2.08. The second-order valence-corrected chi connectivity index (χ2v) is 5.26. The van der Waals surface area contributed by atoms with Crippen LogP contribution in [0.4, 0.5) is 5.69 Å². The van der Waals surface area contributed by atoms with Crippen molar-refractivity contribution in [3.63, 3.8) is 0 Å². The highest BCUT2D eigenvalue weighted by Gasteiger charge is 2.11. The van der Waals surface area contributed by atoms with E-state index in [1.54, 1.807) is 6.92 Å². The third kappa shape index (κ3) is 4.37. The number of sulfonamides is 1. The fourth-order valence-corrected chi connectivity index (χ4v) is 1.57. The van der Waals surface area contributed by atoms with Gasteiger partial charge in [-0.05, 0) is 13.0 Å². The fraction of sp³-hybridized carbons (Fsp3) is 0.333. The van der Waals surface area contributed by atoms with Crippen molar-refractivity contribution >= 4 is 21.6 Å². The van der Waals surface area contributed by atoms with E-state index < -0.39 is 15.9 Å². The zero-order valence-electron chi connectivity index (χ0n) is 9.30. The Hall–Kier alpha value is -1.67. The van der Waals surface area contributed by atoms with Crippen LogP contribution in [-0.2, 0) is 10.0 Å². The maximum absolute atomic E-state index is 11.7. The van der Waals surface area contributed by atoms with Crippen molar-refractivity contribution in [2.75, 3.05) is 18.0 Å². The van der Waals surface area contributed by atoms with Crippen LogP contribution >= 0.6 is 0 Å². The standard InChI is InChI=1S/C9H14N4O3S/c1-6-8(4-7(10)5-13-6)9(14)12-2-3-17(11,15)16/h4-5H,2-3,10H2,1H3,(H,12,14)(H2,11,15,16). The monoisotopic (exact) mass is 258 g/mol. The Morgan fingerprint density at radius 1 is 1.53 bits per heavy atom. The summed E-state index contributed by atoms with van der Waals surface area (Å²) in [5.41, 5.74) is 6.71. The van der Waals surface area contributed by atoms with Gasteiger partial charge < -0.3 is 11.1 Å². The molecule has 0 aromatic carbocycles. The predicted octanol–water partition coefficient (Wildman–Crippen LogP) is -1.01. The van der Waals surface area contributed by atoms with Gasteiger partial charge in [0.05, 0.1) is 28.9 Å². The molecule has 0 unspecified atom stereocenters. The molecule has 0 atom stereocenters. The van der Waals surface area contributed by atoms with Crippen LogP contribution in [-0.4, -0.2) is 31.6 Å². The molecule has 0 saturated heterocycles. The van der Waals surface area contributed by atoms with Gasteiger partial charge in [0.15, 0.2) is 0 Å². The molecule has 0 saturated carbocycles. The summed E-state index contributed by atoms with van der Waals surface area (Å²) in [6.07, 6.45) is 1.44. The highest BCUT2D eigenvalue weighted by molar-refractivity contribution is 7.89. The number of amides is 1. The van der Waals surface area contributed by atoms with E-state index in [0.29, 0.717) is 16.9 Å². The van der Waals surface area contributed by atoms with Crippen LogP contribution in [0.5, 0.6) is 0 Å². The van der Waals surface area contributed by atoms with E-state index in [1.807, 2.05) is 0 Å². The van der Waals surface area contributed by atoms with E-state index in [2.05, 4.69) is 10.3 Å². The van der Waals surface area contributed by atoms with Crippen molar-refractivity contribution in [1.82, 2.24) is 10.3 Å². The summed E-state index contributed by atoms with van der Waals surface area (Å²) >= 11 is 0. The van der Waals surface area contributed by atoms with Crippen LogP contribution in [0.15, 0.2) is 12.3 Å². The Balaban J connectivity index is 2.67. The number of aryl methyl sites for hydroxylation is 1. The molecular weight excluding hydrogens is 244 g/mol. The van der Waals surface area contributed by atoms with Gasteiger partial charge in [0.25, 0.3) is 5.91 Å². The average molecular weight is 258 g/mol. The number of primary sulfonamides is 1. The third-order valence-electron chi connectivity index (χ3n) is 2.02. The third-order valence-corrected chi connectivity index (χ3v) is 2.80. The van der Waals surface area contributed by atoms with Gasteiger partial charge in [-0.25, -0.2) is 13.6 Å². The van der Waals surface area contributed by atoms with E-state index in [9.17, 15) is 13.2 Å². The molecule has 1 aromatic heterocycles. The van der Waals surface area contributed by atoms with E-state index in [1.165, 1.54) is 12.3 Å². The first-order valence-corrected chi connectivity index (χ1v) is 6.52. The van der Waals surface area contributed by atoms with Crippen LogP contribution in [0, 0.1) is 6.92 Å². The van der Waals surface area contributed by atoms with Crippen molar-refractivity contribution in [3.05, 3.63) is 23.5 Å². The van der Waals surface area contributed by atoms with Crippen molar-refractivity contribution < 1.29 is 13.2 Å². The number of nitrogens with one attached hydrogen (secondary N) is 1. The van der Waals surface area contributed by atoms with Gasteiger partial charge in [-0.3, -0.25) is 9.78 Å². The molecule has 17 heavy (non-hydrogen) atoms. The number of hydrogen-bond donors (Lipinski definition) is 3. The fourth-order valence-electron chi connectivity index (χ4n) is 1.18. The molecule has 0 radical (unpaired) electrons. The predicted molar refractivity (Wildman–Crippen MR) is 63.7 cm³/mol. The largest absolute Gasteiger partial charge is 0.397 e. The average Bonchev–Trinajstić information content (AvgIpc) is 2.19. The lowest BCUT2D eigenvalue weighted by Crippen LogP contribution is -2.32. The van der Waals surface area contributed by atoms with Gasteiger partial charge in [-0.1, -0.05) is 0 Å². The summed E-state index contributed by atoms with van der Waals surface area (Å²) < 4.78 is 21.3. The quantitative estimate of drug-likeness (QED) is 0.637. The summed E-state index contributed by atoms with van der Waals surface area (Å²) in [6, 6.07) is 1.48. The minimum atomic E-state index is -3.58. The zero-order valence-corrected chi connectivity index (χ0v) is 10.1. The van der Waals surface area contributed by atoms with Crippen molar-refractivity contribution in [1.29, 1.82) is 0 Å². The number of nitrogens with zero attached hydrogens (tertiary/aromatic N) is 1. The Kier molecular flexibility index (Phi) is 4.02. The maximum Gasteiger partial charge on any atom is 0.253 e. The number of aromatic nitrogens is 1. The number of anilines is 1. The van der Waals surface area contributed by atoms with Crippen LogP contribution in [0.3, 0.4) is 0 Å². The molecule has 94 valence electrons. The molecule has 7 nitrogen and oxygen atoms in total. The Labute approximate surface area is 99.3 Å². The molecule has 1 aromatic rings.